The largest absolute Gasteiger partial charge is 0.494 e. The van der Waals surface area contributed by atoms with Crippen LogP contribution in [0.4, 0.5) is 28.8 Å². The van der Waals surface area contributed by atoms with Crippen molar-refractivity contribution in [3.8, 4) is 16.9 Å². The third-order valence-electron chi connectivity index (χ3n) is 9.32. The monoisotopic (exact) mass is 760 g/mol. The number of nitrogens with zero attached hydrogens (tertiary/aromatic N) is 8. The highest BCUT2D eigenvalue weighted by Gasteiger charge is 2.30. The van der Waals surface area contributed by atoms with Gasteiger partial charge in [-0.15, -0.1) is 0 Å². The summed E-state index contributed by atoms with van der Waals surface area (Å²) in [7, 11) is 0.831. The number of piperidine rings is 1. The number of nitrogens with one attached hydrogen (secondary N) is 2. The van der Waals surface area contributed by atoms with Gasteiger partial charge in [-0.3, -0.25) is 19.5 Å². The molecule has 2 fully saturated rings. The molecule has 2 N–H and O–H groups in total. The first-order valence-electron chi connectivity index (χ1n) is 16.7. The Morgan fingerprint density at radius 2 is 1.82 bits per heavy atom. The maximum atomic E-state index is 13.5. The molecule has 0 saturated carbocycles. The average Bonchev–Trinajstić information content (AvgIpc) is 3.55. The van der Waals surface area contributed by atoms with Gasteiger partial charge in [0.05, 0.1) is 52.7 Å². The molecule has 0 amide bonds. The Hall–Kier alpha value is -4.10. The van der Waals surface area contributed by atoms with Gasteiger partial charge in [-0.25, -0.2) is 4.98 Å². The van der Waals surface area contributed by atoms with Gasteiger partial charge in [0.15, 0.2) is 0 Å². The Morgan fingerprint density at radius 1 is 1.02 bits per heavy atom. The number of halogens is 1. The molecule has 0 aliphatic carbocycles. The first-order valence-corrected chi connectivity index (χ1v) is 20.1. The molecule has 15 heteroatoms. The van der Waals surface area contributed by atoms with Gasteiger partial charge in [0.2, 0.25) is 5.95 Å². The van der Waals surface area contributed by atoms with Gasteiger partial charge in [0.25, 0.3) is 0 Å². The lowest BCUT2D eigenvalue weighted by Gasteiger charge is -2.42. The summed E-state index contributed by atoms with van der Waals surface area (Å²) in [4.78, 5) is 23.4. The molecule has 0 bridgehead atoms. The minimum Gasteiger partial charge on any atom is -0.494 e. The molecule has 5 heterocycles. The maximum Gasteiger partial charge on any atom is 0.229 e. The Bertz CT molecular complexity index is 2060. The van der Waals surface area contributed by atoms with Crippen molar-refractivity contribution in [2.24, 2.45) is 7.05 Å². The average molecular weight is 762 g/mol. The lowest BCUT2D eigenvalue weighted by atomic mass is 9.98. The molecule has 1 atom stereocenters. The van der Waals surface area contributed by atoms with Gasteiger partial charge in [-0.1, -0.05) is 0 Å². The standard InChI is InChI=1S/C35H42BrN10O3P/c1-22-20-46(14-15-49-22)24-8-12-45(13-9-24)30-17-31(48-3)29(16-25(30)23-18-40-44(2)21-23)42-35-39-19-26(36)34(43-35)41-28-7-6-27-32(38-11-10-37-27)33(28)50(4,5)47/h6-7,10-11,16-19,21-22,24H,8-9,12-15,20H2,1-5H3,(H2,39,41,42,43)/t22-/m0/s1. The topological polar surface area (TPSA) is 135 Å². The molecule has 13 nitrogen and oxygen atoms in total. The van der Waals surface area contributed by atoms with Crippen LogP contribution in [0.25, 0.3) is 22.2 Å². The van der Waals surface area contributed by atoms with Crippen LogP contribution < -0.4 is 25.6 Å². The predicted molar refractivity (Wildman–Crippen MR) is 202 cm³/mol. The fraction of sp³-hybridized carbons (Fsp3) is 0.400. The number of ether oxygens (including phenoxy) is 2. The number of anilines is 5. The van der Waals surface area contributed by atoms with E-state index >= 15 is 0 Å². The van der Waals surface area contributed by atoms with E-state index in [2.05, 4.69) is 75.5 Å². The fourth-order valence-corrected chi connectivity index (χ4v) is 8.65. The third-order valence-corrected chi connectivity index (χ3v) is 11.4. The van der Waals surface area contributed by atoms with Crippen LogP contribution >= 0.6 is 23.1 Å². The summed E-state index contributed by atoms with van der Waals surface area (Å²) >= 11 is 3.60. The van der Waals surface area contributed by atoms with Crippen LogP contribution in [0, 0.1) is 0 Å². The number of aromatic nitrogens is 6. The van der Waals surface area contributed by atoms with E-state index in [0.717, 1.165) is 62.4 Å². The molecule has 0 unspecified atom stereocenters. The van der Waals surface area contributed by atoms with E-state index in [1.165, 1.54) is 0 Å². The Kier molecular flexibility index (Phi) is 9.80. The van der Waals surface area contributed by atoms with Gasteiger partial charge in [-0.2, -0.15) is 10.1 Å². The lowest BCUT2D eigenvalue weighted by molar-refractivity contribution is -0.0373. The van der Waals surface area contributed by atoms with Crippen molar-refractivity contribution in [3.05, 3.63) is 59.7 Å². The van der Waals surface area contributed by atoms with Gasteiger partial charge in [-0.05, 0) is 67.2 Å². The van der Waals surface area contributed by atoms with Crippen molar-refractivity contribution in [2.75, 3.05) is 68.8 Å². The van der Waals surface area contributed by atoms with E-state index in [0.29, 0.717) is 55.7 Å². The smallest absolute Gasteiger partial charge is 0.229 e. The molecule has 0 spiro atoms. The molecule has 3 aromatic heterocycles. The van der Waals surface area contributed by atoms with Crippen LogP contribution in [0.1, 0.15) is 19.8 Å². The van der Waals surface area contributed by atoms with Gasteiger partial charge >= 0.3 is 0 Å². The second kappa shape index (κ2) is 14.3. The maximum absolute atomic E-state index is 13.5. The fourth-order valence-electron chi connectivity index (χ4n) is 6.97. The Labute approximate surface area is 300 Å². The van der Waals surface area contributed by atoms with E-state index < -0.39 is 7.14 Å². The summed E-state index contributed by atoms with van der Waals surface area (Å²) in [5.41, 5.74) is 5.78. The van der Waals surface area contributed by atoms with E-state index in [-0.39, 0.29) is 6.10 Å². The van der Waals surface area contributed by atoms with Crippen molar-refractivity contribution >= 4 is 68.2 Å². The zero-order valence-electron chi connectivity index (χ0n) is 28.9. The highest BCUT2D eigenvalue weighted by atomic mass is 79.9. The number of fused-ring (bicyclic) bond motifs is 1. The normalized spacial score (nSPS) is 17.6. The minimum absolute atomic E-state index is 0.280. The summed E-state index contributed by atoms with van der Waals surface area (Å²) in [6, 6.07) is 8.46. The summed E-state index contributed by atoms with van der Waals surface area (Å²) < 4.78 is 27.7. The van der Waals surface area contributed by atoms with Crippen LogP contribution in [0.5, 0.6) is 5.75 Å². The molecule has 2 aromatic carbocycles. The lowest BCUT2D eigenvalue weighted by Crippen LogP contribution is -2.51. The number of aryl methyl sites for hydroxylation is 1. The Balaban J connectivity index is 1.19. The van der Waals surface area contributed by atoms with Crippen molar-refractivity contribution in [1.29, 1.82) is 0 Å². The summed E-state index contributed by atoms with van der Waals surface area (Å²) in [5, 5.41) is 11.9. The number of rotatable bonds is 9. The molecule has 5 aromatic rings. The molecule has 2 aliphatic heterocycles. The zero-order valence-corrected chi connectivity index (χ0v) is 31.4. The Morgan fingerprint density at radius 3 is 2.54 bits per heavy atom. The van der Waals surface area contributed by atoms with Crippen LogP contribution in [0.15, 0.2) is 59.7 Å². The molecule has 7 rings (SSSR count). The number of hydrogen-bond donors (Lipinski definition) is 2. The highest BCUT2D eigenvalue weighted by Crippen LogP contribution is 2.43. The molecule has 262 valence electrons. The summed E-state index contributed by atoms with van der Waals surface area (Å²) in [6.45, 7) is 10.3. The number of methoxy groups -OCH3 is 1. The van der Waals surface area contributed by atoms with Crippen LogP contribution in [-0.2, 0) is 16.3 Å². The van der Waals surface area contributed by atoms with E-state index in [9.17, 15) is 4.57 Å². The molecular weight excluding hydrogens is 719 g/mol. The van der Waals surface area contributed by atoms with E-state index in [4.69, 9.17) is 14.5 Å². The van der Waals surface area contributed by atoms with E-state index in [1.807, 2.05) is 36.3 Å². The molecular formula is C35H42BrN10O3P. The van der Waals surface area contributed by atoms with Crippen LogP contribution in [0.2, 0.25) is 0 Å². The summed E-state index contributed by atoms with van der Waals surface area (Å²) in [5.74, 6) is 1.53. The van der Waals surface area contributed by atoms with Crippen molar-refractivity contribution < 1.29 is 14.0 Å². The second-order valence-corrected chi connectivity index (χ2v) is 17.2. The highest BCUT2D eigenvalue weighted by molar-refractivity contribution is 9.10. The predicted octanol–water partition coefficient (Wildman–Crippen LogP) is 6.02. The second-order valence-electron chi connectivity index (χ2n) is 13.2. The van der Waals surface area contributed by atoms with Gasteiger partial charge in [0, 0.05) is 86.9 Å². The third kappa shape index (κ3) is 7.20. The van der Waals surface area contributed by atoms with Crippen molar-refractivity contribution in [2.45, 2.75) is 31.9 Å². The quantitative estimate of drug-likeness (QED) is 0.170. The van der Waals surface area contributed by atoms with Gasteiger partial charge in [0.1, 0.15) is 24.2 Å². The van der Waals surface area contributed by atoms with Crippen molar-refractivity contribution in [3.63, 3.8) is 0 Å². The molecule has 50 heavy (non-hydrogen) atoms. The molecule has 0 radical (unpaired) electrons. The first kappa shape index (κ1) is 34.4. The SMILES string of the molecule is COc1cc(N2CCC(N3CCO[C@@H](C)C3)CC2)c(-c2cnn(C)c2)cc1Nc1ncc(Br)c(Nc2ccc3nccnc3c2P(C)(C)=O)n1. The number of hydrogen-bond acceptors (Lipinski definition) is 12. The van der Waals surface area contributed by atoms with Crippen LogP contribution in [-0.4, -0.2) is 100.0 Å². The number of benzene rings is 2. The van der Waals surface area contributed by atoms with Crippen LogP contribution in [0.3, 0.4) is 0 Å². The first-order chi connectivity index (χ1) is 24.1. The molecule has 2 aliphatic rings. The van der Waals surface area contributed by atoms with E-state index in [1.54, 1.807) is 39.0 Å². The summed E-state index contributed by atoms with van der Waals surface area (Å²) in [6.07, 6.45) is 11.3. The van der Waals surface area contributed by atoms with Crippen molar-refractivity contribution in [1.82, 2.24) is 34.6 Å². The molecule has 2 saturated heterocycles. The van der Waals surface area contributed by atoms with Gasteiger partial charge < -0.3 is 29.6 Å². The zero-order chi connectivity index (χ0) is 35.0. The number of morpholine rings is 1. The minimum atomic E-state index is -2.77.